The van der Waals surface area contributed by atoms with Crippen LogP contribution in [-0.2, 0) is 34.0 Å². The number of carbonyl (C=O) groups is 3. The number of carboxylic acid groups (broad SMARTS) is 1. The van der Waals surface area contributed by atoms with Crippen molar-refractivity contribution in [2.24, 2.45) is 23.3 Å². The third-order valence-corrected chi connectivity index (χ3v) is 7.41. The summed E-state index contributed by atoms with van der Waals surface area (Å²) in [6.45, 7) is 11.6. The number of nitrogens with two attached hydrogens (primary N) is 2. The van der Waals surface area contributed by atoms with Gasteiger partial charge in [0.2, 0.25) is 0 Å². The number of carbonyl (C=O) groups excluding carboxylic acids is 2. The van der Waals surface area contributed by atoms with Crippen LogP contribution < -0.4 is 41.0 Å². The van der Waals surface area contributed by atoms with E-state index in [4.69, 9.17) is 26.0 Å². The topological polar surface area (TPSA) is 202 Å². The molecule has 0 aromatic carbocycles. The fraction of sp³-hybridized carbons (Fsp3) is 0.885. The Morgan fingerprint density at radius 3 is 1.60 bits per heavy atom. The number of aliphatic carboxylic acids is 1. The summed E-state index contributed by atoms with van der Waals surface area (Å²) in [6.07, 6.45) is 5.93. The van der Waals surface area contributed by atoms with Crippen molar-refractivity contribution in [1.82, 2.24) is 4.90 Å². The van der Waals surface area contributed by atoms with Crippen molar-refractivity contribution in [3.05, 3.63) is 0 Å². The summed E-state index contributed by atoms with van der Waals surface area (Å²) in [4.78, 5) is 35.9. The van der Waals surface area contributed by atoms with E-state index in [0.29, 0.717) is 0 Å². The van der Waals surface area contributed by atoms with Crippen LogP contribution in [0.25, 0.3) is 0 Å². The SMILES string of the molecule is CC(N)N(CC(=O)O)C(C)N.CCCCC(CC)COC(=O)CC(C(=O)OCC(CC)CCCC)S(=O)(=O)[O-].[Na+]. The monoisotopic (exact) mass is 605 g/mol. The number of hydrogen-bond donors (Lipinski definition) is 3. The predicted octanol–water partition coefficient (Wildman–Crippen LogP) is -0.204. The van der Waals surface area contributed by atoms with Gasteiger partial charge in [0, 0.05) is 0 Å². The van der Waals surface area contributed by atoms with E-state index >= 15 is 0 Å². The molecule has 12 nitrogen and oxygen atoms in total. The summed E-state index contributed by atoms with van der Waals surface area (Å²) in [5.74, 6) is -2.66. The zero-order chi connectivity index (χ0) is 30.6. The normalized spacial score (nSPS) is 14.9. The molecular formula is C26H52N3NaO9S. The number of nitrogens with zero attached hydrogens (tertiary/aromatic N) is 1. The molecule has 0 amide bonds. The number of ether oxygens (including phenoxy) is 2. The van der Waals surface area contributed by atoms with Crippen molar-refractivity contribution in [2.45, 2.75) is 117 Å². The van der Waals surface area contributed by atoms with E-state index in [1.54, 1.807) is 13.8 Å². The Morgan fingerprint density at radius 1 is 0.875 bits per heavy atom. The Balaban J connectivity index is -0.000000960. The van der Waals surface area contributed by atoms with E-state index in [1.807, 2.05) is 13.8 Å². The first-order chi connectivity index (χ1) is 18.1. The van der Waals surface area contributed by atoms with Crippen molar-refractivity contribution in [3.8, 4) is 0 Å². The molecule has 0 aliphatic rings. The van der Waals surface area contributed by atoms with Gasteiger partial charge in [-0.05, 0) is 38.5 Å². The molecule has 40 heavy (non-hydrogen) atoms. The maximum absolute atomic E-state index is 12.1. The Morgan fingerprint density at radius 2 is 1.30 bits per heavy atom. The summed E-state index contributed by atoms with van der Waals surface area (Å²) < 4.78 is 44.6. The van der Waals surface area contributed by atoms with Crippen LogP contribution in [0.4, 0.5) is 0 Å². The maximum Gasteiger partial charge on any atom is 1.00 e. The number of hydrogen-bond acceptors (Lipinski definition) is 11. The van der Waals surface area contributed by atoms with Crippen LogP contribution in [-0.4, -0.2) is 78.2 Å². The van der Waals surface area contributed by atoms with Gasteiger partial charge in [0.1, 0.15) is 10.1 Å². The zero-order valence-electron chi connectivity index (χ0n) is 25.6. The molecule has 0 radical (unpaired) electrons. The standard InChI is InChI=1S/C20H38O7S.C6H15N3O2.Na/c1-5-9-11-16(7-3)14-26-19(21)13-18(28(23,24)25)20(22)27-15-17(8-4)12-10-6-2;1-4(7)9(5(2)8)3-6(10)11;/h16-18H,5-15H2,1-4H3,(H,23,24,25);4-5H,3,7-8H2,1-2H3,(H,10,11);/q;;+1/p-1. The Labute approximate surface area is 263 Å². The molecule has 0 spiro atoms. The number of carboxylic acids is 1. The molecule has 0 aliphatic heterocycles. The molecule has 0 fully saturated rings. The van der Waals surface area contributed by atoms with Crippen LogP contribution >= 0.6 is 0 Å². The molecule has 5 unspecified atom stereocenters. The van der Waals surface area contributed by atoms with Crippen LogP contribution in [0.3, 0.4) is 0 Å². The minimum absolute atomic E-state index is 0. The molecule has 0 aromatic heterocycles. The number of esters is 2. The average Bonchev–Trinajstić information content (AvgIpc) is 2.85. The summed E-state index contributed by atoms with van der Waals surface area (Å²) in [6, 6.07) is 0. The minimum Gasteiger partial charge on any atom is -0.747 e. The minimum atomic E-state index is -5.01. The van der Waals surface area contributed by atoms with E-state index in [1.165, 1.54) is 4.90 Å². The summed E-state index contributed by atoms with van der Waals surface area (Å²) in [5.41, 5.74) is 10.9. The van der Waals surface area contributed by atoms with Crippen molar-refractivity contribution in [3.63, 3.8) is 0 Å². The van der Waals surface area contributed by atoms with Gasteiger partial charge in [-0.3, -0.25) is 19.3 Å². The molecule has 0 heterocycles. The van der Waals surface area contributed by atoms with Gasteiger partial charge in [0.05, 0.1) is 38.5 Å². The van der Waals surface area contributed by atoms with Crippen LogP contribution in [0.5, 0.6) is 0 Å². The van der Waals surface area contributed by atoms with Crippen LogP contribution in [0.1, 0.15) is 99.3 Å². The van der Waals surface area contributed by atoms with Crippen molar-refractivity contribution in [2.75, 3.05) is 19.8 Å². The first-order valence-corrected chi connectivity index (χ1v) is 15.4. The summed E-state index contributed by atoms with van der Waals surface area (Å²) in [5, 5.41) is 6.37. The number of unbranched alkanes of at least 4 members (excludes halogenated alkanes) is 2. The summed E-state index contributed by atoms with van der Waals surface area (Å²) >= 11 is 0. The fourth-order valence-electron chi connectivity index (χ4n) is 3.63. The molecule has 14 heteroatoms. The van der Waals surface area contributed by atoms with Gasteiger partial charge >= 0.3 is 47.5 Å². The predicted molar refractivity (Wildman–Crippen MR) is 148 cm³/mol. The van der Waals surface area contributed by atoms with E-state index < -0.39 is 39.7 Å². The van der Waals surface area contributed by atoms with Crippen LogP contribution in [0.15, 0.2) is 0 Å². The quantitative estimate of drug-likeness (QED) is 0.0714. The summed E-state index contributed by atoms with van der Waals surface area (Å²) in [7, 11) is -5.01. The van der Waals surface area contributed by atoms with E-state index in [-0.39, 0.29) is 73.5 Å². The van der Waals surface area contributed by atoms with Crippen molar-refractivity contribution < 1.29 is 71.5 Å². The molecular weight excluding hydrogens is 553 g/mol. The first kappa shape index (κ1) is 43.7. The maximum atomic E-state index is 12.1. The largest absolute Gasteiger partial charge is 1.00 e. The van der Waals surface area contributed by atoms with Gasteiger partial charge < -0.3 is 30.6 Å². The average molecular weight is 606 g/mol. The molecule has 5 N–H and O–H groups in total. The second kappa shape index (κ2) is 24.8. The molecule has 0 aromatic rings. The molecule has 232 valence electrons. The fourth-order valence-corrected chi connectivity index (χ4v) is 4.27. The molecule has 0 saturated heterocycles. The Bertz CT molecular complexity index is 790. The molecule has 0 saturated carbocycles. The van der Waals surface area contributed by atoms with Gasteiger partial charge in [-0.15, -0.1) is 0 Å². The smallest absolute Gasteiger partial charge is 0.747 e. The van der Waals surface area contributed by atoms with Gasteiger partial charge in [0.15, 0.2) is 5.25 Å². The third kappa shape index (κ3) is 21.9. The second-order valence-electron chi connectivity index (χ2n) is 9.88. The number of rotatable bonds is 20. The first-order valence-electron chi connectivity index (χ1n) is 13.9. The van der Waals surface area contributed by atoms with Crippen molar-refractivity contribution >= 4 is 28.0 Å². The molecule has 0 aliphatic carbocycles. The second-order valence-corrected chi connectivity index (χ2v) is 11.4. The zero-order valence-corrected chi connectivity index (χ0v) is 28.4. The van der Waals surface area contributed by atoms with Gasteiger partial charge in [0.25, 0.3) is 0 Å². The van der Waals surface area contributed by atoms with E-state index in [0.717, 1.165) is 51.4 Å². The van der Waals surface area contributed by atoms with Gasteiger partial charge in [-0.1, -0.05) is 66.2 Å². The Hall–Kier alpha value is -0.800. The Kier molecular flexibility index (Phi) is 27.0. The van der Waals surface area contributed by atoms with Crippen LogP contribution in [0, 0.1) is 11.8 Å². The molecule has 5 atom stereocenters. The van der Waals surface area contributed by atoms with Crippen molar-refractivity contribution in [1.29, 1.82) is 0 Å². The van der Waals surface area contributed by atoms with Crippen LogP contribution in [0.2, 0.25) is 0 Å². The third-order valence-electron chi connectivity index (χ3n) is 6.36. The molecule has 0 bridgehead atoms. The van der Waals surface area contributed by atoms with Gasteiger partial charge in [-0.2, -0.15) is 0 Å². The van der Waals surface area contributed by atoms with E-state index in [9.17, 15) is 27.4 Å². The van der Waals surface area contributed by atoms with Gasteiger partial charge in [-0.25, -0.2) is 8.42 Å². The van der Waals surface area contributed by atoms with E-state index in [2.05, 4.69) is 13.8 Å². The molecule has 0 rings (SSSR count).